The first-order chi connectivity index (χ1) is 23.3. The van der Waals surface area contributed by atoms with Crippen molar-refractivity contribution >= 4 is 0 Å². The molecule has 47 heavy (non-hydrogen) atoms. The Balaban J connectivity index is 1.02. The van der Waals surface area contributed by atoms with Crippen molar-refractivity contribution in [3.05, 3.63) is 93.7 Å². The molecule has 10 aliphatic rings. The van der Waals surface area contributed by atoms with Crippen molar-refractivity contribution in [1.82, 2.24) is 0 Å². The fraction of sp³-hybridized carbons (Fsp3) is 0.652. The fourth-order valence-electron chi connectivity index (χ4n) is 13.6. The number of rotatable bonds is 3. The molecule has 1 saturated heterocycles. The molecule has 0 radical (unpaired) electrons. The molecule has 1 heteroatoms. The minimum atomic E-state index is 0.362. The third-order valence-corrected chi connectivity index (χ3v) is 15.4. The van der Waals surface area contributed by atoms with Gasteiger partial charge in [0.25, 0.3) is 0 Å². The molecule has 0 spiro atoms. The van der Waals surface area contributed by atoms with E-state index in [1.165, 1.54) is 122 Å². The van der Waals surface area contributed by atoms with Crippen LogP contribution in [0.4, 0.5) is 0 Å². The van der Waals surface area contributed by atoms with Crippen LogP contribution in [0.25, 0.3) is 0 Å². The van der Waals surface area contributed by atoms with Gasteiger partial charge in [-0.05, 0) is 183 Å². The van der Waals surface area contributed by atoms with Crippen molar-refractivity contribution in [3.8, 4) is 0 Å². The van der Waals surface area contributed by atoms with Gasteiger partial charge in [0.05, 0.1) is 12.2 Å². The van der Waals surface area contributed by atoms with E-state index < -0.39 is 0 Å². The van der Waals surface area contributed by atoms with Gasteiger partial charge < -0.3 is 4.74 Å². The zero-order chi connectivity index (χ0) is 30.9. The molecule has 3 fully saturated rings. The Morgan fingerprint density at radius 3 is 2.45 bits per heavy atom. The quantitative estimate of drug-likeness (QED) is 0.283. The van der Waals surface area contributed by atoms with Crippen LogP contribution in [0.5, 0.6) is 0 Å². The third kappa shape index (κ3) is 4.94. The monoisotopic (exact) mass is 626 g/mol. The second-order valence-electron chi connectivity index (χ2n) is 17.4. The number of hydrogen-bond donors (Lipinski definition) is 0. The normalized spacial score (nSPS) is 43.9. The van der Waals surface area contributed by atoms with E-state index in [0.717, 1.165) is 41.4 Å². The molecule has 248 valence electrons. The lowest BCUT2D eigenvalue weighted by atomic mass is 9.52. The molecule has 11 unspecified atom stereocenters. The maximum Gasteiger partial charge on any atom is 0.0865 e. The van der Waals surface area contributed by atoms with Crippen molar-refractivity contribution in [2.45, 2.75) is 134 Å². The van der Waals surface area contributed by atoms with Crippen LogP contribution in [0.2, 0.25) is 0 Å². The molecular weight excluding hydrogens is 569 g/mol. The van der Waals surface area contributed by atoms with Crippen LogP contribution in [0.15, 0.2) is 93.7 Å². The molecule has 10 rings (SSSR count). The van der Waals surface area contributed by atoms with Gasteiger partial charge in [-0.1, -0.05) is 73.9 Å². The van der Waals surface area contributed by atoms with Crippen LogP contribution >= 0.6 is 0 Å². The molecular formula is C46H58O. The summed E-state index contributed by atoms with van der Waals surface area (Å²) in [7, 11) is 0. The first-order valence-electron chi connectivity index (χ1n) is 20.6. The Hall–Kier alpha value is -2.12. The number of allylic oxidation sites excluding steroid dienone is 14. The Morgan fingerprint density at radius 1 is 0.617 bits per heavy atom. The topological polar surface area (TPSA) is 9.23 Å². The Morgan fingerprint density at radius 2 is 1.47 bits per heavy atom. The minimum Gasteiger partial charge on any atom is -0.366 e. The van der Waals surface area contributed by atoms with Crippen molar-refractivity contribution in [2.75, 3.05) is 0 Å². The average Bonchev–Trinajstić information content (AvgIpc) is 3.52. The lowest BCUT2D eigenvalue weighted by Crippen LogP contribution is -2.44. The van der Waals surface area contributed by atoms with E-state index in [1.807, 2.05) is 5.57 Å². The van der Waals surface area contributed by atoms with E-state index in [-0.39, 0.29) is 0 Å². The summed E-state index contributed by atoms with van der Waals surface area (Å²) >= 11 is 0. The number of fused-ring (bicyclic) bond motifs is 7. The zero-order valence-electron chi connectivity index (χ0n) is 28.9. The molecule has 1 nitrogen and oxygen atoms in total. The third-order valence-electron chi connectivity index (χ3n) is 15.4. The van der Waals surface area contributed by atoms with Gasteiger partial charge in [0.15, 0.2) is 0 Å². The van der Waals surface area contributed by atoms with Crippen LogP contribution in [0.1, 0.15) is 122 Å². The number of hydrogen-bond acceptors (Lipinski definition) is 1. The first-order valence-corrected chi connectivity index (χ1v) is 20.6. The Bertz CT molecular complexity index is 1520. The van der Waals surface area contributed by atoms with Crippen molar-refractivity contribution in [2.24, 2.45) is 53.3 Å². The van der Waals surface area contributed by atoms with Gasteiger partial charge in [0.1, 0.15) is 0 Å². The average molecular weight is 627 g/mol. The first kappa shape index (κ1) is 29.8. The van der Waals surface area contributed by atoms with Crippen molar-refractivity contribution < 1.29 is 4.74 Å². The van der Waals surface area contributed by atoms with Gasteiger partial charge in [0.2, 0.25) is 0 Å². The maximum atomic E-state index is 6.97. The van der Waals surface area contributed by atoms with E-state index in [1.54, 1.807) is 33.4 Å². The summed E-state index contributed by atoms with van der Waals surface area (Å²) in [5, 5.41) is 0. The minimum absolute atomic E-state index is 0.362. The van der Waals surface area contributed by atoms with E-state index in [4.69, 9.17) is 4.74 Å². The molecule has 0 aromatic heterocycles. The SMILES string of the molecule is C1=CC2=C(CC1)C1OC3CCC(C4=C5C=CCCC5C(C5CCCCC5C5CCCC6C=CCCC65)C5=CCCC=C54)C=C3C1CC2. The highest BCUT2D eigenvalue weighted by Crippen LogP contribution is 2.60. The predicted molar refractivity (Wildman–Crippen MR) is 194 cm³/mol. The van der Waals surface area contributed by atoms with Gasteiger partial charge in [-0.3, -0.25) is 0 Å². The van der Waals surface area contributed by atoms with Crippen LogP contribution in [-0.2, 0) is 4.74 Å². The van der Waals surface area contributed by atoms with Crippen LogP contribution in [-0.4, -0.2) is 12.2 Å². The molecule has 9 aliphatic carbocycles. The Kier molecular flexibility index (Phi) is 7.81. The van der Waals surface area contributed by atoms with Gasteiger partial charge in [-0.15, -0.1) is 0 Å². The molecule has 0 N–H and O–H groups in total. The second kappa shape index (κ2) is 12.3. The molecule has 0 bridgehead atoms. The van der Waals surface area contributed by atoms with Gasteiger partial charge in [-0.25, -0.2) is 0 Å². The summed E-state index contributed by atoms with van der Waals surface area (Å²) in [6, 6.07) is 0. The standard InChI is InChI=1S/C46H58O/c1-3-15-32-29(12-1)14-11-23-34(32)35-17-5-6-18-36(35)45-39-21-9-7-19-37(39)44(38-20-8-10-22-40(38)45)31-25-27-43-42(28-31)41-26-24-30-13-2-4-16-33(30)46(41)47-43/h1-2,7,12-13,19-20,22,28-29,31-32,34-36,39,41,43,45-46H,3-6,8-11,14-18,21,23-27H2. The molecule has 2 saturated carbocycles. The van der Waals surface area contributed by atoms with Crippen LogP contribution in [0, 0.1) is 53.3 Å². The molecule has 0 aromatic carbocycles. The fourth-order valence-corrected chi connectivity index (χ4v) is 13.6. The van der Waals surface area contributed by atoms with E-state index >= 15 is 0 Å². The molecule has 11 atom stereocenters. The maximum absolute atomic E-state index is 6.97. The summed E-state index contributed by atoms with van der Waals surface area (Å²) in [5.41, 5.74) is 12.0. The molecule has 0 aromatic rings. The second-order valence-corrected chi connectivity index (χ2v) is 17.4. The lowest BCUT2D eigenvalue weighted by molar-refractivity contribution is 0.0263. The van der Waals surface area contributed by atoms with Crippen molar-refractivity contribution in [1.29, 1.82) is 0 Å². The summed E-state index contributed by atoms with van der Waals surface area (Å²) in [6.45, 7) is 0. The number of ether oxygens (including phenoxy) is 1. The molecule has 1 aliphatic heterocycles. The highest BCUT2D eigenvalue weighted by Gasteiger charge is 2.51. The Labute approximate surface area is 285 Å². The summed E-state index contributed by atoms with van der Waals surface area (Å²) in [5.74, 6) is 7.30. The van der Waals surface area contributed by atoms with Crippen molar-refractivity contribution in [3.63, 3.8) is 0 Å². The smallest absolute Gasteiger partial charge is 0.0865 e. The summed E-state index contributed by atoms with van der Waals surface area (Å²) in [6.07, 6.45) is 50.0. The molecule has 1 heterocycles. The summed E-state index contributed by atoms with van der Waals surface area (Å²) in [4.78, 5) is 0. The van der Waals surface area contributed by atoms with E-state index in [2.05, 4.69) is 54.7 Å². The van der Waals surface area contributed by atoms with Crippen LogP contribution < -0.4 is 0 Å². The lowest BCUT2D eigenvalue weighted by Gasteiger charge is -2.53. The highest BCUT2D eigenvalue weighted by atomic mass is 16.5. The van der Waals surface area contributed by atoms with E-state index in [0.29, 0.717) is 24.0 Å². The largest absolute Gasteiger partial charge is 0.366 e. The zero-order valence-corrected chi connectivity index (χ0v) is 28.9. The highest BCUT2D eigenvalue weighted by molar-refractivity contribution is 5.61. The molecule has 0 amide bonds. The van der Waals surface area contributed by atoms with Gasteiger partial charge >= 0.3 is 0 Å². The van der Waals surface area contributed by atoms with Gasteiger partial charge in [0, 0.05) is 11.8 Å². The van der Waals surface area contributed by atoms with Gasteiger partial charge in [-0.2, -0.15) is 0 Å². The predicted octanol–water partition coefficient (Wildman–Crippen LogP) is 11.9. The van der Waals surface area contributed by atoms with Crippen LogP contribution in [0.3, 0.4) is 0 Å². The summed E-state index contributed by atoms with van der Waals surface area (Å²) < 4.78 is 6.97. The van der Waals surface area contributed by atoms with E-state index in [9.17, 15) is 0 Å².